The number of ether oxygens (including phenoxy) is 1. The van der Waals surface area contributed by atoms with Gasteiger partial charge in [0.05, 0.1) is 23.4 Å². The molecule has 1 saturated carbocycles. The van der Waals surface area contributed by atoms with Crippen LogP contribution >= 0.6 is 11.3 Å². The first kappa shape index (κ1) is 19.7. The number of hydrogen-bond donors (Lipinski definition) is 2. The molecule has 2 N–H and O–H groups in total. The minimum absolute atomic E-state index is 0.294. The molecule has 0 radical (unpaired) electrons. The summed E-state index contributed by atoms with van der Waals surface area (Å²) in [4.78, 5) is 30.0. The number of carboxylic acid groups (broad SMARTS) is 1. The Hall–Kier alpha value is -1.67. The van der Waals surface area contributed by atoms with E-state index in [0.717, 1.165) is 10.7 Å². The van der Waals surface area contributed by atoms with Gasteiger partial charge in [-0.05, 0) is 5.92 Å². The second kappa shape index (κ2) is 7.70. The van der Waals surface area contributed by atoms with Gasteiger partial charge in [0, 0.05) is 31.4 Å². The van der Waals surface area contributed by atoms with Crippen LogP contribution in [-0.4, -0.2) is 52.3 Å². The fourth-order valence-corrected chi connectivity index (χ4v) is 3.24. The van der Waals surface area contributed by atoms with Crippen molar-refractivity contribution in [3.05, 3.63) is 16.1 Å². The van der Waals surface area contributed by atoms with Crippen molar-refractivity contribution in [1.82, 2.24) is 15.2 Å². The van der Waals surface area contributed by atoms with Gasteiger partial charge in [0.1, 0.15) is 0 Å². The Balaban J connectivity index is 1.93. The summed E-state index contributed by atoms with van der Waals surface area (Å²) < 4.78 is 5.60. The molecule has 0 spiro atoms. The zero-order valence-electron chi connectivity index (χ0n) is 15.4. The molecule has 1 aliphatic carbocycles. The van der Waals surface area contributed by atoms with Crippen LogP contribution in [0.3, 0.4) is 0 Å². The number of thiazole rings is 1. The van der Waals surface area contributed by atoms with Crippen LogP contribution in [-0.2, 0) is 16.1 Å². The highest BCUT2D eigenvalue weighted by atomic mass is 32.1. The molecule has 140 valence electrons. The second-order valence-electron chi connectivity index (χ2n) is 7.31. The summed E-state index contributed by atoms with van der Waals surface area (Å²) in [5.41, 5.74) is -0.509. The lowest BCUT2D eigenvalue weighted by Gasteiger charge is -2.21. The van der Waals surface area contributed by atoms with Gasteiger partial charge in [0.15, 0.2) is 5.54 Å². The number of hydrogen-bond acceptors (Lipinski definition) is 5. The van der Waals surface area contributed by atoms with E-state index in [1.54, 1.807) is 18.4 Å². The topological polar surface area (TPSA) is 91.8 Å². The van der Waals surface area contributed by atoms with Crippen LogP contribution in [0.2, 0.25) is 0 Å². The van der Waals surface area contributed by atoms with Crippen molar-refractivity contribution in [3.8, 4) is 0 Å². The smallest absolute Gasteiger partial charge is 0.332 e. The number of aliphatic carboxylic acids is 1. The minimum atomic E-state index is -1.31. The Bertz CT molecular complexity index is 631. The predicted octanol–water partition coefficient (Wildman–Crippen LogP) is 2.68. The van der Waals surface area contributed by atoms with E-state index >= 15 is 0 Å². The van der Waals surface area contributed by atoms with E-state index < -0.39 is 23.6 Å². The minimum Gasteiger partial charge on any atom is -0.479 e. The summed E-state index contributed by atoms with van der Waals surface area (Å²) in [5.74, 6) is -0.400. The fourth-order valence-electron chi connectivity index (χ4n) is 2.41. The van der Waals surface area contributed by atoms with E-state index in [9.17, 15) is 14.7 Å². The number of carbonyl (C=O) groups excluding carboxylic acids is 1. The highest BCUT2D eigenvalue weighted by Crippen LogP contribution is 2.40. The first-order valence-electron chi connectivity index (χ1n) is 8.48. The van der Waals surface area contributed by atoms with Crippen LogP contribution in [0, 0.1) is 5.92 Å². The van der Waals surface area contributed by atoms with Gasteiger partial charge in [0.25, 0.3) is 0 Å². The molecule has 2 amide bonds. The van der Waals surface area contributed by atoms with Gasteiger partial charge in [-0.2, -0.15) is 0 Å². The van der Waals surface area contributed by atoms with Crippen LogP contribution in [0.5, 0.6) is 0 Å². The molecule has 2 atom stereocenters. The molecule has 2 rings (SSSR count). The third kappa shape index (κ3) is 4.70. The Labute approximate surface area is 152 Å². The molecular formula is C17H27N3O4S. The van der Waals surface area contributed by atoms with Crippen molar-refractivity contribution in [2.24, 2.45) is 5.92 Å². The molecule has 1 aliphatic rings. The molecule has 0 saturated heterocycles. The summed E-state index contributed by atoms with van der Waals surface area (Å²) >= 11 is 1.57. The Kier molecular flexibility index (Phi) is 6.05. The van der Waals surface area contributed by atoms with E-state index in [1.807, 2.05) is 19.2 Å². The molecule has 1 aromatic rings. The van der Waals surface area contributed by atoms with Gasteiger partial charge < -0.3 is 20.1 Å². The quantitative estimate of drug-likeness (QED) is 0.735. The average Bonchev–Trinajstić information content (AvgIpc) is 3.01. The standard InChI is InChI=1S/C17H27N3O4S/c1-10(2)8-24-13-6-17(13,15(21)22)19-16(23)20(5)7-12-9-25-14(18-12)11(3)4/h9-11,13H,6-8H2,1-5H3,(H,19,23)(H,21,22). The second-order valence-corrected chi connectivity index (χ2v) is 8.20. The number of aromatic nitrogens is 1. The van der Waals surface area contributed by atoms with Gasteiger partial charge in [-0.15, -0.1) is 11.3 Å². The van der Waals surface area contributed by atoms with Gasteiger partial charge >= 0.3 is 12.0 Å². The summed E-state index contributed by atoms with van der Waals surface area (Å²) in [6, 6.07) is -0.433. The summed E-state index contributed by atoms with van der Waals surface area (Å²) in [6.45, 7) is 8.94. The molecule has 7 nitrogen and oxygen atoms in total. The van der Waals surface area contributed by atoms with E-state index in [0.29, 0.717) is 31.4 Å². The Morgan fingerprint density at radius 2 is 2.16 bits per heavy atom. The highest BCUT2D eigenvalue weighted by molar-refractivity contribution is 7.09. The predicted molar refractivity (Wildman–Crippen MR) is 95.8 cm³/mol. The number of carbonyl (C=O) groups is 2. The van der Waals surface area contributed by atoms with Crippen LogP contribution in [0.15, 0.2) is 5.38 Å². The van der Waals surface area contributed by atoms with Gasteiger partial charge in [-0.25, -0.2) is 14.6 Å². The van der Waals surface area contributed by atoms with Gasteiger partial charge in [-0.3, -0.25) is 0 Å². The molecule has 1 heterocycles. The molecule has 0 aliphatic heterocycles. The van der Waals surface area contributed by atoms with Crippen molar-refractivity contribution < 1.29 is 19.4 Å². The number of rotatable bonds is 8. The Morgan fingerprint density at radius 3 is 2.68 bits per heavy atom. The monoisotopic (exact) mass is 369 g/mol. The van der Waals surface area contributed by atoms with E-state index in [4.69, 9.17) is 4.74 Å². The van der Waals surface area contributed by atoms with Crippen molar-refractivity contribution in [3.63, 3.8) is 0 Å². The van der Waals surface area contributed by atoms with Crippen molar-refractivity contribution in [1.29, 1.82) is 0 Å². The normalized spacial score (nSPS) is 22.3. The van der Waals surface area contributed by atoms with Gasteiger partial charge in [-0.1, -0.05) is 27.7 Å². The van der Waals surface area contributed by atoms with Crippen LogP contribution in [0.25, 0.3) is 0 Å². The number of urea groups is 1. The maximum absolute atomic E-state index is 12.4. The van der Waals surface area contributed by atoms with Crippen molar-refractivity contribution in [2.75, 3.05) is 13.7 Å². The van der Waals surface area contributed by atoms with Crippen LogP contribution in [0.4, 0.5) is 4.79 Å². The average molecular weight is 369 g/mol. The van der Waals surface area contributed by atoms with E-state index in [1.165, 1.54) is 4.90 Å². The molecule has 0 bridgehead atoms. The SMILES string of the molecule is CC(C)COC1CC1(NC(=O)N(C)Cc1csc(C(C)C)n1)C(=O)O. The van der Waals surface area contributed by atoms with E-state index in [2.05, 4.69) is 24.1 Å². The number of nitrogens with zero attached hydrogens (tertiary/aromatic N) is 2. The fraction of sp³-hybridized carbons (Fsp3) is 0.706. The summed E-state index contributed by atoms with van der Waals surface area (Å²) in [6.07, 6.45) is -0.181. The first-order valence-corrected chi connectivity index (χ1v) is 9.36. The molecule has 0 aromatic carbocycles. The van der Waals surface area contributed by atoms with E-state index in [-0.39, 0.29) is 0 Å². The Morgan fingerprint density at radius 1 is 1.48 bits per heavy atom. The van der Waals surface area contributed by atoms with Crippen molar-refractivity contribution >= 4 is 23.3 Å². The van der Waals surface area contributed by atoms with Crippen LogP contribution < -0.4 is 5.32 Å². The number of amides is 2. The zero-order chi connectivity index (χ0) is 18.8. The maximum Gasteiger partial charge on any atom is 0.332 e. The number of carboxylic acids is 1. The maximum atomic E-state index is 12.4. The summed E-state index contributed by atoms with van der Waals surface area (Å²) in [5, 5.41) is 15.1. The molecule has 1 aromatic heterocycles. The van der Waals surface area contributed by atoms with Crippen LogP contribution in [0.1, 0.15) is 50.7 Å². The molecule has 25 heavy (non-hydrogen) atoms. The molecule has 1 fully saturated rings. The lowest BCUT2D eigenvalue weighted by molar-refractivity contribution is -0.142. The number of nitrogens with one attached hydrogen (secondary N) is 1. The zero-order valence-corrected chi connectivity index (χ0v) is 16.2. The first-order chi connectivity index (χ1) is 11.7. The highest BCUT2D eigenvalue weighted by Gasteiger charge is 2.63. The largest absolute Gasteiger partial charge is 0.479 e. The lowest BCUT2D eigenvalue weighted by Crippen LogP contribution is -2.50. The van der Waals surface area contributed by atoms with Gasteiger partial charge in [0.2, 0.25) is 0 Å². The third-order valence-electron chi connectivity index (χ3n) is 4.05. The molecule has 8 heteroatoms. The molecular weight excluding hydrogens is 342 g/mol. The van der Waals surface area contributed by atoms with Crippen molar-refractivity contribution in [2.45, 2.75) is 58.2 Å². The third-order valence-corrected chi connectivity index (χ3v) is 5.24. The molecule has 2 unspecified atom stereocenters. The lowest BCUT2D eigenvalue weighted by atomic mass is 10.2. The summed E-state index contributed by atoms with van der Waals surface area (Å²) in [7, 11) is 1.63.